The first-order valence-electron chi connectivity index (χ1n) is 12.0. The summed E-state index contributed by atoms with van der Waals surface area (Å²) in [6.07, 6.45) is 1.09. The van der Waals surface area contributed by atoms with Crippen molar-refractivity contribution < 1.29 is 23.2 Å². The third kappa shape index (κ3) is 5.26. The third-order valence-electron chi connectivity index (χ3n) is 5.59. The van der Waals surface area contributed by atoms with Gasteiger partial charge in [-0.2, -0.15) is 5.26 Å². The number of aromatic nitrogens is 2. The van der Waals surface area contributed by atoms with Crippen LogP contribution in [0, 0.1) is 18.3 Å². The summed E-state index contributed by atoms with van der Waals surface area (Å²) >= 11 is -1.69. The fraction of sp³-hybridized carbons (Fsp3) is 0.357. The lowest BCUT2D eigenvalue weighted by Gasteiger charge is -2.21. The molecule has 2 aromatic heterocycles. The van der Waals surface area contributed by atoms with Gasteiger partial charge in [0.15, 0.2) is 11.3 Å². The van der Waals surface area contributed by atoms with E-state index in [2.05, 4.69) is 15.5 Å². The van der Waals surface area contributed by atoms with E-state index in [1.165, 1.54) is 11.7 Å². The molecule has 0 N–H and O–H groups in total. The average Bonchev–Trinajstić information content (AvgIpc) is 3.45. The smallest absolute Gasteiger partial charge is 0.419 e. The molecule has 0 amide bonds. The minimum atomic E-state index is -1.69. The van der Waals surface area contributed by atoms with E-state index in [0.29, 0.717) is 38.9 Å². The van der Waals surface area contributed by atoms with E-state index in [-0.39, 0.29) is 11.6 Å². The lowest BCUT2D eigenvalue weighted by Crippen LogP contribution is -2.27. The molecule has 2 aromatic carbocycles. The molecular weight excluding hydrogens is 504 g/mol. The highest BCUT2D eigenvalue weighted by Crippen LogP contribution is 2.36. The number of fused-ring (bicyclic) bond motifs is 2. The number of benzene rings is 2. The highest BCUT2D eigenvalue weighted by Gasteiger charge is 2.32. The van der Waals surface area contributed by atoms with Crippen molar-refractivity contribution in [2.45, 2.75) is 58.8 Å². The van der Waals surface area contributed by atoms with Gasteiger partial charge >= 0.3 is 6.09 Å². The number of nitriles is 1. The van der Waals surface area contributed by atoms with Crippen molar-refractivity contribution in [1.29, 1.82) is 5.26 Å². The van der Waals surface area contributed by atoms with Gasteiger partial charge in [0.1, 0.15) is 33.0 Å². The predicted octanol–water partition coefficient (Wildman–Crippen LogP) is 6.05. The molecule has 0 aliphatic heterocycles. The van der Waals surface area contributed by atoms with Crippen LogP contribution in [0.1, 0.15) is 64.1 Å². The van der Waals surface area contributed by atoms with Crippen molar-refractivity contribution in [2.75, 3.05) is 7.11 Å². The lowest BCUT2D eigenvalue weighted by atomic mass is 10.0. The third-order valence-corrected chi connectivity index (χ3v) is 6.98. The number of aryl methyl sites for hydroxylation is 1. The van der Waals surface area contributed by atoms with E-state index in [4.69, 9.17) is 13.9 Å². The van der Waals surface area contributed by atoms with Gasteiger partial charge in [0.25, 0.3) is 5.89 Å². The van der Waals surface area contributed by atoms with Gasteiger partial charge in [-0.25, -0.2) is 9.78 Å². The van der Waals surface area contributed by atoms with Crippen LogP contribution < -0.4 is 4.74 Å². The molecule has 10 heteroatoms. The second-order valence-electron chi connectivity index (χ2n) is 10.8. The standard InChI is InChI=1S/C28H30N4O5S/c1-16-13-21(35-8)22(18-11-12-32(24(16)18)26(33)37-27(2,3)4)23(31-38(34)28(5,6)7)25-30-19-14-17(15-29)9-10-20(19)36-25/h9-14H,1-8H3. The molecule has 9 nitrogen and oxygen atoms in total. The fourth-order valence-corrected chi connectivity index (χ4v) is 4.49. The van der Waals surface area contributed by atoms with Gasteiger partial charge in [-0.1, -0.05) is 4.40 Å². The number of rotatable bonds is 4. The van der Waals surface area contributed by atoms with E-state index < -0.39 is 27.8 Å². The Balaban J connectivity index is 2.03. The van der Waals surface area contributed by atoms with E-state index in [1.54, 1.807) is 57.3 Å². The Morgan fingerprint density at radius 1 is 1.18 bits per heavy atom. The Morgan fingerprint density at radius 2 is 1.89 bits per heavy atom. The molecule has 4 rings (SSSR count). The zero-order valence-corrected chi connectivity index (χ0v) is 23.5. The van der Waals surface area contributed by atoms with Crippen LogP contribution >= 0.6 is 0 Å². The van der Waals surface area contributed by atoms with Crippen molar-refractivity contribution in [1.82, 2.24) is 9.55 Å². The van der Waals surface area contributed by atoms with Crippen LogP contribution in [0.2, 0.25) is 0 Å². The van der Waals surface area contributed by atoms with E-state index in [0.717, 1.165) is 5.56 Å². The average molecular weight is 535 g/mol. The van der Waals surface area contributed by atoms with Crippen LogP contribution in [0.3, 0.4) is 0 Å². The fourth-order valence-electron chi connectivity index (χ4n) is 3.88. The molecule has 0 aliphatic carbocycles. The second kappa shape index (κ2) is 9.82. The van der Waals surface area contributed by atoms with E-state index in [9.17, 15) is 14.6 Å². The van der Waals surface area contributed by atoms with E-state index in [1.807, 2.05) is 27.7 Å². The molecule has 0 radical (unpaired) electrons. The lowest BCUT2D eigenvalue weighted by molar-refractivity contribution is 0.0544. The Kier molecular flexibility index (Phi) is 7.03. The predicted molar refractivity (Wildman–Crippen MR) is 147 cm³/mol. The Labute approximate surface area is 224 Å². The van der Waals surface area contributed by atoms with Gasteiger partial charge in [0.2, 0.25) is 0 Å². The van der Waals surface area contributed by atoms with Gasteiger partial charge in [-0.3, -0.25) is 4.57 Å². The highest BCUT2D eigenvalue weighted by atomic mass is 32.2. The van der Waals surface area contributed by atoms with Crippen molar-refractivity contribution in [3.05, 3.63) is 59.1 Å². The van der Waals surface area contributed by atoms with Crippen LogP contribution in [-0.2, 0) is 16.1 Å². The largest absolute Gasteiger partial charge is 0.591 e. The quantitative estimate of drug-likeness (QED) is 0.230. The summed E-state index contributed by atoms with van der Waals surface area (Å²) in [4.78, 5) is 17.6. The molecule has 0 aliphatic rings. The maximum absolute atomic E-state index is 13.3. The highest BCUT2D eigenvalue weighted by molar-refractivity contribution is 7.91. The van der Waals surface area contributed by atoms with Crippen molar-refractivity contribution >= 4 is 45.2 Å². The van der Waals surface area contributed by atoms with Crippen LogP contribution in [0.5, 0.6) is 5.75 Å². The topological polar surface area (TPSA) is 126 Å². The number of hydrogen-bond donors (Lipinski definition) is 0. The first-order chi connectivity index (χ1) is 17.7. The minimum Gasteiger partial charge on any atom is -0.591 e. The van der Waals surface area contributed by atoms with Crippen molar-refractivity contribution in [2.24, 2.45) is 4.40 Å². The summed E-state index contributed by atoms with van der Waals surface area (Å²) in [6.45, 7) is 12.7. The summed E-state index contributed by atoms with van der Waals surface area (Å²) in [7, 11) is 1.53. The number of hydrogen-bond acceptors (Lipinski definition) is 8. The molecule has 0 bridgehead atoms. The van der Waals surface area contributed by atoms with Crippen LogP contribution in [0.25, 0.3) is 22.0 Å². The first kappa shape index (κ1) is 27.2. The monoisotopic (exact) mass is 534 g/mol. The number of methoxy groups -OCH3 is 1. The maximum Gasteiger partial charge on any atom is 0.419 e. The van der Waals surface area contributed by atoms with Crippen molar-refractivity contribution in [3.8, 4) is 11.8 Å². The number of nitrogens with zero attached hydrogens (tertiary/aromatic N) is 4. The number of carbonyl (C=O) groups excluding carboxylic acids is 1. The molecule has 2 heterocycles. The Morgan fingerprint density at radius 3 is 2.50 bits per heavy atom. The van der Waals surface area contributed by atoms with Crippen LogP contribution in [0.4, 0.5) is 4.79 Å². The summed E-state index contributed by atoms with van der Waals surface area (Å²) in [5.74, 6) is 0.558. The normalized spacial score (nSPS) is 13.5. The van der Waals surface area contributed by atoms with Gasteiger partial charge < -0.3 is 18.4 Å². The van der Waals surface area contributed by atoms with Crippen molar-refractivity contribution in [3.63, 3.8) is 0 Å². The van der Waals surface area contributed by atoms with Gasteiger partial charge in [-0.05, 0) is 84.4 Å². The first-order valence-corrected chi connectivity index (χ1v) is 13.1. The Hall–Kier alpha value is -3.81. The number of carbonyl (C=O) groups is 1. The zero-order chi connectivity index (χ0) is 28.0. The van der Waals surface area contributed by atoms with Crippen LogP contribution in [-0.4, -0.2) is 43.4 Å². The zero-order valence-electron chi connectivity index (χ0n) is 22.7. The maximum atomic E-state index is 13.3. The molecule has 4 aromatic rings. The number of ether oxygens (including phenoxy) is 2. The number of oxazole rings is 1. The molecule has 0 spiro atoms. The second-order valence-corrected chi connectivity index (χ2v) is 12.7. The summed E-state index contributed by atoms with van der Waals surface area (Å²) in [5, 5.41) is 9.92. The molecule has 1 unspecified atom stereocenters. The molecule has 38 heavy (non-hydrogen) atoms. The minimum absolute atomic E-state index is 0.112. The summed E-state index contributed by atoms with van der Waals surface area (Å²) < 4.78 is 36.1. The van der Waals surface area contributed by atoms with Crippen LogP contribution in [0.15, 0.2) is 45.3 Å². The molecule has 0 saturated carbocycles. The molecule has 0 saturated heterocycles. The molecule has 1 atom stereocenters. The van der Waals surface area contributed by atoms with Gasteiger partial charge in [-0.15, -0.1) is 0 Å². The Bertz CT molecular complexity index is 1610. The summed E-state index contributed by atoms with van der Waals surface area (Å²) in [6, 6.07) is 10.5. The van der Waals surface area contributed by atoms with Gasteiger partial charge in [0, 0.05) is 11.6 Å². The SMILES string of the molecule is COc1cc(C)c2c(ccn2C(=O)OC(C)(C)C)c1C(=N[S+]([O-])C(C)(C)C)c1nc2cc(C#N)ccc2o1. The van der Waals surface area contributed by atoms with Gasteiger partial charge in [0.05, 0.1) is 29.8 Å². The molecular formula is C28H30N4O5S. The molecule has 198 valence electrons. The van der Waals surface area contributed by atoms with E-state index >= 15 is 0 Å². The molecule has 0 fully saturated rings. The summed E-state index contributed by atoms with van der Waals surface area (Å²) in [5.41, 5.74) is 2.68.